The molecule has 2 aromatic rings. The van der Waals surface area contributed by atoms with Gasteiger partial charge in [-0.25, -0.2) is 0 Å². The van der Waals surface area contributed by atoms with Crippen LogP contribution in [-0.4, -0.2) is 35.4 Å². The number of carbonyl (C=O) groups is 2. The van der Waals surface area contributed by atoms with Gasteiger partial charge < -0.3 is 15.0 Å². The van der Waals surface area contributed by atoms with Crippen LogP contribution in [0.3, 0.4) is 0 Å². The zero-order valence-electron chi connectivity index (χ0n) is 20.1. The molecule has 178 valence electrons. The van der Waals surface area contributed by atoms with Crippen molar-refractivity contribution in [3.8, 4) is 5.75 Å². The average molecular weight is 515 g/mol. The van der Waals surface area contributed by atoms with Crippen molar-refractivity contribution in [1.82, 2.24) is 10.2 Å². The number of carbonyl (C=O) groups excluding carboxylic acids is 2. The predicted molar refractivity (Wildman–Crippen MR) is 135 cm³/mol. The molecule has 0 heterocycles. The summed E-state index contributed by atoms with van der Waals surface area (Å²) >= 11 is 3.56. The van der Waals surface area contributed by atoms with Crippen LogP contribution in [0.4, 0.5) is 0 Å². The number of nitrogens with one attached hydrogen (secondary N) is 1. The number of nitrogens with zero attached hydrogens (tertiary/aromatic N) is 1. The van der Waals surface area contributed by atoms with E-state index in [0.29, 0.717) is 12.3 Å². The highest BCUT2D eigenvalue weighted by atomic mass is 79.9. The normalized spacial score (nSPS) is 15.1. The van der Waals surface area contributed by atoms with Crippen molar-refractivity contribution >= 4 is 27.7 Å². The van der Waals surface area contributed by atoms with E-state index in [4.69, 9.17) is 4.74 Å². The van der Waals surface area contributed by atoms with Crippen LogP contribution in [0, 0.1) is 20.8 Å². The molecular formula is C27H35BrN2O3. The highest BCUT2D eigenvalue weighted by molar-refractivity contribution is 9.10. The Balaban J connectivity index is 1.73. The molecule has 2 amide bonds. The van der Waals surface area contributed by atoms with E-state index in [-0.39, 0.29) is 24.5 Å². The zero-order valence-corrected chi connectivity index (χ0v) is 21.7. The Labute approximate surface area is 206 Å². The van der Waals surface area contributed by atoms with Crippen molar-refractivity contribution in [1.29, 1.82) is 0 Å². The molecule has 2 aromatic carbocycles. The monoisotopic (exact) mass is 514 g/mol. The van der Waals surface area contributed by atoms with E-state index >= 15 is 0 Å². The molecule has 1 saturated carbocycles. The third-order valence-corrected chi connectivity index (χ3v) is 7.58. The third kappa shape index (κ3) is 7.07. The minimum atomic E-state index is -0.586. The molecule has 0 saturated heterocycles. The number of ether oxygens (including phenoxy) is 1. The topological polar surface area (TPSA) is 58.6 Å². The number of aryl methyl sites for hydroxylation is 3. The van der Waals surface area contributed by atoms with Crippen LogP contribution in [0.1, 0.15) is 61.3 Å². The van der Waals surface area contributed by atoms with Crippen molar-refractivity contribution < 1.29 is 14.3 Å². The summed E-state index contributed by atoms with van der Waals surface area (Å²) in [4.78, 5) is 28.0. The fraction of sp³-hybridized carbons (Fsp3) is 0.481. The fourth-order valence-corrected chi connectivity index (χ4v) is 4.60. The molecule has 1 atom stereocenters. The maximum atomic E-state index is 13.3. The number of halogens is 1. The van der Waals surface area contributed by atoms with Gasteiger partial charge in [-0.1, -0.05) is 65.0 Å². The number of amides is 2. The van der Waals surface area contributed by atoms with Gasteiger partial charge in [-0.3, -0.25) is 9.59 Å². The molecule has 0 aromatic heterocycles. The van der Waals surface area contributed by atoms with Gasteiger partial charge in [0.15, 0.2) is 6.61 Å². The van der Waals surface area contributed by atoms with Crippen LogP contribution >= 0.6 is 15.9 Å². The van der Waals surface area contributed by atoms with E-state index in [2.05, 4.69) is 21.2 Å². The van der Waals surface area contributed by atoms with Gasteiger partial charge in [0.2, 0.25) is 5.91 Å². The maximum absolute atomic E-state index is 13.3. The molecule has 5 nitrogen and oxygen atoms in total. The molecule has 1 aliphatic rings. The molecule has 0 aliphatic heterocycles. The van der Waals surface area contributed by atoms with Gasteiger partial charge in [-0.05, 0) is 69.4 Å². The molecular weight excluding hydrogens is 480 g/mol. The molecule has 3 rings (SSSR count). The highest BCUT2D eigenvalue weighted by Crippen LogP contribution is 2.26. The van der Waals surface area contributed by atoms with Gasteiger partial charge in [-0.2, -0.15) is 0 Å². The number of hydrogen-bond donors (Lipinski definition) is 1. The van der Waals surface area contributed by atoms with E-state index < -0.39 is 6.04 Å². The van der Waals surface area contributed by atoms with Gasteiger partial charge in [0.05, 0.1) is 0 Å². The van der Waals surface area contributed by atoms with Gasteiger partial charge >= 0.3 is 0 Å². The number of hydrogen-bond acceptors (Lipinski definition) is 3. The summed E-state index contributed by atoms with van der Waals surface area (Å²) in [6.07, 6.45) is 5.54. The Morgan fingerprint density at radius 1 is 1.09 bits per heavy atom. The Bertz CT molecular complexity index is 962. The Hall–Kier alpha value is -2.34. The summed E-state index contributed by atoms with van der Waals surface area (Å²) in [6, 6.07) is 11.5. The predicted octanol–water partition coefficient (Wildman–Crippen LogP) is 5.62. The maximum Gasteiger partial charge on any atom is 0.261 e. The summed E-state index contributed by atoms with van der Waals surface area (Å²) < 4.78 is 6.90. The van der Waals surface area contributed by atoms with Crippen molar-refractivity contribution in [2.24, 2.45) is 0 Å². The summed E-state index contributed by atoms with van der Waals surface area (Å²) in [5.74, 6) is 0.343. The first-order valence-electron chi connectivity index (χ1n) is 11.8. The van der Waals surface area contributed by atoms with E-state index in [1.165, 1.54) is 6.42 Å². The summed E-state index contributed by atoms with van der Waals surface area (Å²) in [5.41, 5.74) is 4.22. The summed E-state index contributed by atoms with van der Waals surface area (Å²) in [6.45, 7) is 8.06. The van der Waals surface area contributed by atoms with E-state index in [9.17, 15) is 9.59 Å². The van der Waals surface area contributed by atoms with E-state index in [1.54, 1.807) is 11.8 Å². The summed E-state index contributed by atoms with van der Waals surface area (Å²) in [7, 11) is 0. The van der Waals surface area contributed by atoms with Crippen molar-refractivity contribution in [3.63, 3.8) is 0 Å². The lowest BCUT2D eigenvalue weighted by Crippen LogP contribution is -2.51. The molecule has 0 spiro atoms. The largest absolute Gasteiger partial charge is 0.484 e. The molecule has 1 aliphatic carbocycles. The van der Waals surface area contributed by atoms with Gasteiger partial charge in [0, 0.05) is 17.1 Å². The van der Waals surface area contributed by atoms with Crippen LogP contribution in [0.5, 0.6) is 5.75 Å². The first-order valence-corrected chi connectivity index (χ1v) is 12.6. The molecule has 1 fully saturated rings. The minimum absolute atomic E-state index is 0.0989. The van der Waals surface area contributed by atoms with Crippen molar-refractivity contribution in [2.45, 2.75) is 78.4 Å². The SMILES string of the molecule is Cc1cccc(CN(C(=O)COc2cc(C)c(Br)c(C)c2)[C@@H](C)C(=O)NC2CCCCC2)c1. The number of rotatable bonds is 8. The van der Waals surface area contributed by atoms with Crippen molar-refractivity contribution in [3.05, 3.63) is 63.1 Å². The van der Waals surface area contributed by atoms with Crippen LogP contribution in [-0.2, 0) is 16.1 Å². The van der Waals surface area contributed by atoms with Gasteiger partial charge in [0.1, 0.15) is 11.8 Å². The van der Waals surface area contributed by atoms with Crippen LogP contribution in [0.2, 0.25) is 0 Å². The average Bonchev–Trinajstić information content (AvgIpc) is 2.79. The Morgan fingerprint density at radius 3 is 2.39 bits per heavy atom. The summed E-state index contributed by atoms with van der Waals surface area (Å²) in [5, 5.41) is 3.17. The zero-order chi connectivity index (χ0) is 24.0. The van der Waals surface area contributed by atoms with Crippen LogP contribution in [0.15, 0.2) is 40.9 Å². The Kier molecular flexibility index (Phi) is 8.95. The second-order valence-corrected chi connectivity index (χ2v) is 9.98. The fourth-order valence-electron chi connectivity index (χ4n) is 4.38. The van der Waals surface area contributed by atoms with Crippen LogP contribution in [0.25, 0.3) is 0 Å². The van der Waals surface area contributed by atoms with Gasteiger partial charge in [-0.15, -0.1) is 0 Å². The van der Waals surface area contributed by atoms with Crippen LogP contribution < -0.4 is 10.1 Å². The van der Waals surface area contributed by atoms with E-state index in [1.807, 2.05) is 57.2 Å². The molecule has 1 N–H and O–H groups in total. The first-order chi connectivity index (χ1) is 15.7. The molecule has 33 heavy (non-hydrogen) atoms. The minimum Gasteiger partial charge on any atom is -0.484 e. The number of benzene rings is 2. The second kappa shape index (κ2) is 11.7. The quantitative estimate of drug-likeness (QED) is 0.497. The van der Waals surface area contributed by atoms with Crippen molar-refractivity contribution in [2.75, 3.05) is 6.61 Å². The molecule has 0 unspecified atom stereocenters. The standard InChI is InChI=1S/C27H35BrN2O3/c1-18-9-8-10-22(13-18)16-30(21(4)27(32)29-23-11-6-5-7-12-23)25(31)17-33-24-14-19(2)26(28)20(3)15-24/h8-10,13-15,21,23H,5-7,11-12,16-17H2,1-4H3,(H,29,32)/t21-/m0/s1. The van der Waals surface area contributed by atoms with E-state index in [0.717, 1.165) is 52.4 Å². The molecule has 6 heteroatoms. The molecule has 0 radical (unpaired) electrons. The molecule has 0 bridgehead atoms. The Morgan fingerprint density at radius 2 is 1.76 bits per heavy atom. The smallest absolute Gasteiger partial charge is 0.261 e. The second-order valence-electron chi connectivity index (χ2n) is 9.19. The first kappa shape index (κ1) is 25.3. The lowest BCUT2D eigenvalue weighted by atomic mass is 9.95. The third-order valence-electron chi connectivity index (χ3n) is 6.33. The highest BCUT2D eigenvalue weighted by Gasteiger charge is 2.28. The lowest BCUT2D eigenvalue weighted by molar-refractivity contribution is -0.142. The van der Waals surface area contributed by atoms with Gasteiger partial charge in [0.25, 0.3) is 5.91 Å². The lowest BCUT2D eigenvalue weighted by Gasteiger charge is -2.31.